The van der Waals surface area contributed by atoms with Gasteiger partial charge in [0.15, 0.2) is 5.75 Å². The Labute approximate surface area is 104 Å². The second kappa shape index (κ2) is 5.97. The van der Waals surface area contributed by atoms with Gasteiger partial charge in [0.1, 0.15) is 0 Å². The Bertz CT molecular complexity index is 377. The Kier molecular flexibility index (Phi) is 4.90. The molecular weight excluding hydrogens is 251 g/mol. The van der Waals surface area contributed by atoms with Crippen LogP contribution in [0.25, 0.3) is 0 Å². The van der Waals surface area contributed by atoms with E-state index in [2.05, 4.69) is 0 Å². The van der Waals surface area contributed by atoms with Crippen molar-refractivity contribution in [3.63, 3.8) is 0 Å². The van der Waals surface area contributed by atoms with Gasteiger partial charge in [0.25, 0.3) is 0 Å². The maximum absolute atomic E-state index is 11.2. The van der Waals surface area contributed by atoms with Crippen molar-refractivity contribution < 1.29 is 14.3 Å². The van der Waals surface area contributed by atoms with Gasteiger partial charge in [-0.25, -0.2) is 4.79 Å². The molecule has 0 saturated carbocycles. The van der Waals surface area contributed by atoms with E-state index in [0.717, 1.165) is 0 Å². The van der Waals surface area contributed by atoms with Crippen LogP contribution in [-0.4, -0.2) is 12.8 Å². The molecule has 0 N–H and O–H groups in total. The third kappa shape index (κ3) is 4.29. The molecule has 0 atom stereocenters. The van der Waals surface area contributed by atoms with Crippen LogP contribution in [0.1, 0.15) is 13.8 Å². The van der Waals surface area contributed by atoms with Crippen LogP contribution < -0.4 is 4.74 Å². The molecule has 0 bridgehead atoms. The summed E-state index contributed by atoms with van der Waals surface area (Å²) in [5, 5.41) is 0.752. The number of carbonyl (C=O) groups is 1. The highest BCUT2D eigenvalue weighted by Crippen LogP contribution is 2.27. The zero-order valence-corrected chi connectivity index (χ0v) is 10.5. The molecule has 1 aromatic carbocycles. The van der Waals surface area contributed by atoms with Gasteiger partial charge in [-0.05, 0) is 24.1 Å². The standard InChI is InChI=1S/C11H12Cl2O3/c1-7(2)6-15-11(14)16-10-4-3-8(12)5-9(10)13/h3-5,7H,6H2,1-2H3. The van der Waals surface area contributed by atoms with E-state index >= 15 is 0 Å². The molecule has 0 aliphatic rings. The van der Waals surface area contributed by atoms with E-state index in [-0.39, 0.29) is 16.7 Å². The second-order valence-electron chi connectivity index (χ2n) is 3.63. The minimum absolute atomic E-state index is 0.236. The summed E-state index contributed by atoms with van der Waals surface area (Å²) in [6.45, 7) is 4.18. The van der Waals surface area contributed by atoms with Gasteiger partial charge in [0.05, 0.1) is 11.6 Å². The van der Waals surface area contributed by atoms with Crippen LogP contribution in [-0.2, 0) is 4.74 Å². The Balaban J connectivity index is 2.56. The lowest BCUT2D eigenvalue weighted by molar-refractivity contribution is 0.0886. The number of halogens is 2. The van der Waals surface area contributed by atoms with Crippen molar-refractivity contribution in [3.05, 3.63) is 28.2 Å². The molecule has 0 saturated heterocycles. The summed E-state index contributed by atoms with van der Waals surface area (Å²) < 4.78 is 9.74. The monoisotopic (exact) mass is 262 g/mol. The SMILES string of the molecule is CC(C)COC(=O)Oc1ccc(Cl)cc1Cl. The average molecular weight is 263 g/mol. The Hall–Kier alpha value is -0.930. The van der Waals surface area contributed by atoms with Crippen molar-refractivity contribution in [2.24, 2.45) is 5.92 Å². The number of ether oxygens (including phenoxy) is 2. The zero-order valence-electron chi connectivity index (χ0n) is 9.00. The third-order valence-corrected chi connectivity index (χ3v) is 2.15. The smallest absolute Gasteiger partial charge is 0.434 e. The molecule has 5 heteroatoms. The highest BCUT2D eigenvalue weighted by Gasteiger charge is 2.10. The van der Waals surface area contributed by atoms with Crippen molar-refractivity contribution >= 4 is 29.4 Å². The first-order valence-electron chi connectivity index (χ1n) is 4.78. The van der Waals surface area contributed by atoms with Crippen LogP contribution in [0, 0.1) is 5.92 Å². The highest BCUT2D eigenvalue weighted by atomic mass is 35.5. The van der Waals surface area contributed by atoms with E-state index in [0.29, 0.717) is 11.6 Å². The van der Waals surface area contributed by atoms with Gasteiger partial charge in [-0.1, -0.05) is 37.0 Å². The fourth-order valence-corrected chi connectivity index (χ4v) is 1.36. The first kappa shape index (κ1) is 13.1. The molecule has 0 unspecified atom stereocenters. The van der Waals surface area contributed by atoms with Gasteiger partial charge in [0.2, 0.25) is 0 Å². The molecular formula is C11H12Cl2O3. The van der Waals surface area contributed by atoms with Crippen molar-refractivity contribution in [3.8, 4) is 5.75 Å². The average Bonchev–Trinajstić information content (AvgIpc) is 2.19. The lowest BCUT2D eigenvalue weighted by Crippen LogP contribution is -2.14. The van der Waals surface area contributed by atoms with Crippen LogP contribution in [0.5, 0.6) is 5.75 Å². The fourth-order valence-electron chi connectivity index (χ4n) is 0.912. The van der Waals surface area contributed by atoms with Crippen molar-refractivity contribution in [2.75, 3.05) is 6.61 Å². The summed E-state index contributed by atoms with van der Waals surface area (Å²) in [6, 6.07) is 4.59. The largest absolute Gasteiger partial charge is 0.513 e. The van der Waals surface area contributed by atoms with E-state index < -0.39 is 6.16 Å². The predicted octanol–water partition coefficient (Wildman–Crippen LogP) is 4.16. The summed E-state index contributed by atoms with van der Waals surface area (Å²) in [5.41, 5.74) is 0. The zero-order chi connectivity index (χ0) is 12.1. The van der Waals surface area contributed by atoms with Crippen molar-refractivity contribution in [1.82, 2.24) is 0 Å². The molecule has 0 aliphatic heterocycles. The molecule has 0 amide bonds. The summed E-state index contributed by atoms with van der Waals surface area (Å²) in [4.78, 5) is 11.2. The van der Waals surface area contributed by atoms with E-state index in [1.54, 1.807) is 6.07 Å². The van der Waals surface area contributed by atoms with Crippen LogP contribution >= 0.6 is 23.2 Å². The van der Waals surface area contributed by atoms with Gasteiger partial charge < -0.3 is 9.47 Å². The maximum Gasteiger partial charge on any atom is 0.513 e. The normalized spacial score (nSPS) is 10.3. The van der Waals surface area contributed by atoms with Gasteiger partial charge in [0, 0.05) is 5.02 Å². The second-order valence-corrected chi connectivity index (χ2v) is 4.48. The molecule has 0 aromatic heterocycles. The molecule has 3 nitrogen and oxygen atoms in total. The summed E-state index contributed by atoms with van der Waals surface area (Å²) >= 11 is 11.5. The first-order chi connectivity index (χ1) is 7.49. The number of hydrogen-bond donors (Lipinski definition) is 0. The summed E-state index contributed by atoms with van der Waals surface area (Å²) in [7, 11) is 0. The quantitative estimate of drug-likeness (QED) is 0.606. The third-order valence-electron chi connectivity index (χ3n) is 1.62. The van der Waals surface area contributed by atoms with Crippen LogP contribution in [0.4, 0.5) is 4.79 Å². The lowest BCUT2D eigenvalue weighted by Gasteiger charge is -2.08. The Morgan fingerprint density at radius 3 is 2.62 bits per heavy atom. The maximum atomic E-state index is 11.2. The van der Waals surface area contributed by atoms with Crippen LogP contribution in [0.2, 0.25) is 10.0 Å². The number of rotatable bonds is 3. The number of carbonyl (C=O) groups excluding carboxylic acids is 1. The lowest BCUT2D eigenvalue weighted by atomic mass is 10.2. The van der Waals surface area contributed by atoms with Crippen LogP contribution in [0.15, 0.2) is 18.2 Å². The van der Waals surface area contributed by atoms with Crippen molar-refractivity contribution in [2.45, 2.75) is 13.8 Å². The van der Waals surface area contributed by atoms with Gasteiger partial charge >= 0.3 is 6.16 Å². The molecule has 0 spiro atoms. The van der Waals surface area contributed by atoms with Gasteiger partial charge in [-0.3, -0.25) is 0 Å². The van der Waals surface area contributed by atoms with Crippen molar-refractivity contribution in [1.29, 1.82) is 0 Å². The molecule has 1 aromatic rings. The molecule has 1 rings (SSSR count). The van der Waals surface area contributed by atoms with E-state index in [4.69, 9.17) is 32.7 Å². The minimum atomic E-state index is -0.766. The Morgan fingerprint density at radius 1 is 1.38 bits per heavy atom. The van der Waals surface area contributed by atoms with Gasteiger partial charge in [-0.15, -0.1) is 0 Å². The topological polar surface area (TPSA) is 35.5 Å². The number of hydrogen-bond acceptors (Lipinski definition) is 3. The number of benzene rings is 1. The predicted molar refractivity (Wildman–Crippen MR) is 63.3 cm³/mol. The Morgan fingerprint density at radius 2 is 2.06 bits per heavy atom. The minimum Gasteiger partial charge on any atom is -0.434 e. The van der Waals surface area contributed by atoms with E-state index in [1.807, 2.05) is 13.8 Å². The highest BCUT2D eigenvalue weighted by molar-refractivity contribution is 6.35. The molecule has 16 heavy (non-hydrogen) atoms. The van der Waals surface area contributed by atoms with Gasteiger partial charge in [-0.2, -0.15) is 0 Å². The molecule has 0 heterocycles. The van der Waals surface area contributed by atoms with Crippen LogP contribution in [0.3, 0.4) is 0 Å². The fraction of sp³-hybridized carbons (Fsp3) is 0.364. The molecule has 0 fully saturated rings. The molecule has 0 radical (unpaired) electrons. The molecule has 0 aliphatic carbocycles. The van der Waals surface area contributed by atoms with E-state index in [9.17, 15) is 4.79 Å². The molecule has 88 valence electrons. The summed E-state index contributed by atoms with van der Waals surface area (Å²) in [5.74, 6) is 0.494. The summed E-state index contributed by atoms with van der Waals surface area (Å²) in [6.07, 6.45) is -0.766. The van der Waals surface area contributed by atoms with E-state index in [1.165, 1.54) is 12.1 Å². The first-order valence-corrected chi connectivity index (χ1v) is 5.54.